The molecule has 2 aromatic rings. The Balaban J connectivity index is 1.78. The fraction of sp³-hybridized carbons (Fsp3) is 0.214. The fourth-order valence-corrected chi connectivity index (χ4v) is 2.12. The molecule has 2 heterocycles. The lowest BCUT2D eigenvalue weighted by Gasteiger charge is -2.08. The number of hydrogen-bond acceptors (Lipinski definition) is 6. The summed E-state index contributed by atoms with van der Waals surface area (Å²) in [4.78, 5) is 14.6. The first kappa shape index (κ1) is 13.2. The lowest BCUT2D eigenvalue weighted by Crippen LogP contribution is -2.04. The molecule has 7 nitrogen and oxygen atoms in total. The molecule has 0 saturated carbocycles. The summed E-state index contributed by atoms with van der Waals surface area (Å²) in [7, 11) is 0. The van der Waals surface area contributed by atoms with Gasteiger partial charge in [-0.2, -0.15) is 0 Å². The second-order valence-corrected chi connectivity index (χ2v) is 4.62. The number of rotatable bonds is 4. The minimum absolute atomic E-state index is 0.0466. The highest BCUT2D eigenvalue weighted by atomic mass is 16.7. The molecule has 1 N–H and O–H groups in total. The largest absolute Gasteiger partial charge is 0.454 e. The third kappa shape index (κ3) is 2.58. The maximum Gasteiger partial charge on any atom is 0.277 e. The first-order valence-electron chi connectivity index (χ1n) is 6.37. The molecule has 0 atom stereocenters. The molecule has 0 amide bonds. The molecule has 1 aliphatic rings. The van der Waals surface area contributed by atoms with E-state index in [1.54, 1.807) is 6.92 Å². The van der Waals surface area contributed by atoms with Crippen molar-refractivity contribution in [2.24, 2.45) is 0 Å². The summed E-state index contributed by atoms with van der Waals surface area (Å²) >= 11 is 0. The van der Waals surface area contributed by atoms with Gasteiger partial charge in [-0.15, -0.1) is 0 Å². The van der Waals surface area contributed by atoms with Crippen LogP contribution in [0.2, 0.25) is 0 Å². The van der Waals surface area contributed by atoms with Crippen molar-refractivity contribution in [2.75, 3.05) is 12.1 Å². The lowest BCUT2D eigenvalue weighted by atomic mass is 10.2. The molecule has 0 unspecified atom stereocenters. The Bertz CT molecular complexity index is 703. The average Bonchev–Trinajstić information content (AvgIpc) is 2.95. The summed E-state index contributed by atoms with van der Waals surface area (Å²) in [6.07, 6.45) is 1.48. The zero-order valence-electron chi connectivity index (χ0n) is 11.3. The molecule has 0 fully saturated rings. The van der Waals surface area contributed by atoms with Crippen molar-refractivity contribution in [3.8, 4) is 11.5 Å². The van der Waals surface area contributed by atoms with Crippen LogP contribution in [0.3, 0.4) is 0 Å². The first-order valence-corrected chi connectivity index (χ1v) is 6.37. The average molecular weight is 287 g/mol. The Morgan fingerprint density at radius 3 is 3.10 bits per heavy atom. The monoisotopic (exact) mass is 287 g/mol. The Morgan fingerprint density at radius 2 is 2.29 bits per heavy atom. The van der Waals surface area contributed by atoms with Gasteiger partial charge >= 0.3 is 0 Å². The van der Waals surface area contributed by atoms with Gasteiger partial charge in [-0.1, -0.05) is 12.1 Å². The molecule has 0 saturated heterocycles. The second kappa shape index (κ2) is 5.28. The summed E-state index contributed by atoms with van der Waals surface area (Å²) in [5, 5.41) is 14.0. The molecule has 3 rings (SSSR count). The Hall–Kier alpha value is -2.83. The number of nitrogens with zero attached hydrogens (tertiary/aromatic N) is 2. The van der Waals surface area contributed by atoms with E-state index in [-0.39, 0.29) is 12.5 Å². The number of nitrogens with one attached hydrogen (secondary N) is 1. The predicted molar refractivity (Wildman–Crippen MR) is 75.5 cm³/mol. The maximum absolute atomic E-state index is 10.9. The number of benzene rings is 1. The number of ether oxygens (including phenoxy) is 2. The molecule has 1 aromatic carbocycles. The predicted octanol–water partition coefficient (Wildman–Crippen LogP) is 2.64. The van der Waals surface area contributed by atoms with E-state index in [9.17, 15) is 10.1 Å². The molecule has 0 aliphatic carbocycles. The van der Waals surface area contributed by atoms with E-state index in [1.165, 1.54) is 12.3 Å². The SMILES string of the molecule is Cc1cnc(NCc2cccc3c2OCO3)cc1[N+](=O)[O-]. The van der Waals surface area contributed by atoms with Gasteiger partial charge in [0.2, 0.25) is 6.79 Å². The Morgan fingerprint density at radius 1 is 1.43 bits per heavy atom. The van der Waals surface area contributed by atoms with E-state index in [4.69, 9.17) is 9.47 Å². The van der Waals surface area contributed by atoms with Gasteiger partial charge < -0.3 is 14.8 Å². The fourth-order valence-electron chi connectivity index (χ4n) is 2.12. The number of aryl methyl sites for hydroxylation is 1. The second-order valence-electron chi connectivity index (χ2n) is 4.62. The third-order valence-corrected chi connectivity index (χ3v) is 3.21. The summed E-state index contributed by atoms with van der Waals surface area (Å²) < 4.78 is 10.7. The molecule has 1 aliphatic heterocycles. The molecule has 108 valence electrons. The highest BCUT2D eigenvalue weighted by molar-refractivity contribution is 5.52. The number of fused-ring (bicyclic) bond motifs is 1. The van der Waals surface area contributed by atoms with Crippen LogP contribution in [0.4, 0.5) is 11.5 Å². The molecular formula is C14H13N3O4. The van der Waals surface area contributed by atoms with E-state index >= 15 is 0 Å². The molecular weight excluding hydrogens is 274 g/mol. The Labute approximate surface area is 120 Å². The summed E-state index contributed by atoms with van der Waals surface area (Å²) in [5.41, 5.74) is 1.49. The number of pyridine rings is 1. The van der Waals surface area contributed by atoms with Crippen LogP contribution in [-0.2, 0) is 6.54 Å². The summed E-state index contributed by atoms with van der Waals surface area (Å²) in [5.74, 6) is 1.85. The minimum atomic E-state index is -0.417. The van der Waals surface area contributed by atoms with E-state index in [1.807, 2.05) is 18.2 Å². The van der Waals surface area contributed by atoms with E-state index in [2.05, 4.69) is 10.3 Å². The zero-order chi connectivity index (χ0) is 14.8. The lowest BCUT2D eigenvalue weighted by molar-refractivity contribution is -0.385. The number of nitro groups is 1. The first-order chi connectivity index (χ1) is 10.1. The number of hydrogen-bond donors (Lipinski definition) is 1. The molecule has 0 radical (unpaired) electrons. The van der Waals surface area contributed by atoms with Gasteiger partial charge in [-0.3, -0.25) is 10.1 Å². The summed E-state index contributed by atoms with van der Waals surface area (Å²) in [6.45, 7) is 2.31. The molecule has 0 bridgehead atoms. The molecule has 1 aromatic heterocycles. The zero-order valence-corrected chi connectivity index (χ0v) is 11.3. The van der Waals surface area contributed by atoms with Crippen molar-refractivity contribution in [2.45, 2.75) is 13.5 Å². The van der Waals surface area contributed by atoms with Crippen molar-refractivity contribution in [1.82, 2.24) is 4.98 Å². The topological polar surface area (TPSA) is 86.5 Å². The molecule has 21 heavy (non-hydrogen) atoms. The van der Waals surface area contributed by atoms with Gasteiger partial charge in [0.1, 0.15) is 5.82 Å². The van der Waals surface area contributed by atoms with Crippen LogP contribution in [0.25, 0.3) is 0 Å². The maximum atomic E-state index is 10.9. The van der Waals surface area contributed by atoms with Crippen molar-refractivity contribution in [3.63, 3.8) is 0 Å². The van der Waals surface area contributed by atoms with Crippen LogP contribution < -0.4 is 14.8 Å². The van der Waals surface area contributed by atoms with Crippen LogP contribution in [0.5, 0.6) is 11.5 Å². The normalized spacial score (nSPS) is 12.2. The van der Waals surface area contributed by atoms with Gasteiger partial charge in [0.05, 0.1) is 11.0 Å². The smallest absolute Gasteiger partial charge is 0.277 e. The van der Waals surface area contributed by atoms with Gasteiger partial charge in [0, 0.05) is 23.9 Å². The molecule has 0 spiro atoms. The van der Waals surface area contributed by atoms with Crippen LogP contribution >= 0.6 is 0 Å². The van der Waals surface area contributed by atoms with Crippen LogP contribution in [-0.4, -0.2) is 16.7 Å². The van der Waals surface area contributed by atoms with Gasteiger partial charge in [-0.25, -0.2) is 4.98 Å². The summed E-state index contributed by atoms with van der Waals surface area (Å²) in [6, 6.07) is 7.04. The standard InChI is InChI=1S/C14H13N3O4/c1-9-6-15-13(5-11(9)17(18)19)16-7-10-3-2-4-12-14(10)21-8-20-12/h2-6H,7-8H2,1H3,(H,15,16). The van der Waals surface area contributed by atoms with Crippen molar-refractivity contribution < 1.29 is 14.4 Å². The van der Waals surface area contributed by atoms with Crippen LogP contribution in [0.15, 0.2) is 30.5 Å². The van der Waals surface area contributed by atoms with E-state index in [0.717, 1.165) is 5.56 Å². The Kier molecular flexibility index (Phi) is 3.31. The quantitative estimate of drug-likeness (QED) is 0.687. The van der Waals surface area contributed by atoms with Gasteiger partial charge in [0.25, 0.3) is 5.69 Å². The highest BCUT2D eigenvalue weighted by Crippen LogP contribution is 2.35. The number of aromatic nitrogens is 1. The number of para-hydroxylation sites is 1. The van der Waals surface area contributed by atoms with Crippen molar-refractivity contribution >= 4 is 11.5 Å². The van der Waals surface area contributed by atoms with Gasteiger partial charge in [0.15, 0.2) is 11.5 Å². The third-order valence-electron chi connectivity index (χ3n) is 3.21. The van der Waals surface area contributed by atoms with Gasteiger partial charge in [-0.05, 0) is 13.0 Å². The van der Waals surface area contributed by atoms with E-state index in [0.29, 0.717) is 29.4 Å². The van der Waals surface area contributed by atoms with Crippen molar-refractivity contribution in [1.29, 1.82) is 0 Å². The van der Waals surface area contributed by atoms with E-state index < -0.39 is 4.92 Å². The van der Waals surface area contributed by atoms with Crippen LogP contribution in [0, 0.1) is 17.0 Å². The molecule has 7 heteroatoms. The number of anilines is 1. The minimum Gasteiger partial charge on any atom is -0.454 e. The van der Waals surface area contributed by atoms with Crippen molar-refractivity contribution in [3.05, 3.63) is 51.7 Å². The van der Waals surface area contributed by atoms with Crippen LogP contribution in [0.1, 0.15) is 11.1 Å². The highest BCUT2D eigenvalue weighted by Gasteiger charge is 2.17.